The maximum atomic E-state index is 14.0. The number of aryl methyl sites for hydroxylation is 3. The average Bonchev–Trinajstić information content (AvgIpc) is 3.02. The number of nitrogens with zero attached hydrogens (tertiary/aromatic N) is 1. The standard InChI is InChI=1S/C36H33NO8S/c1-23-18-28(35(38)39)19-24(2)34(23)45-36(40)31-20-26(11-10-25-12-14-29(44-3)15-13-25)21-33-30(31)22-27-8-4-5-9-32(27)37(33)16-6-7-17-46(41,42)43/h4-5,8-15,18-22H,6-7,16-17H2,1-3H3,(H-,38,39,41,42,43)/p+1. The summed E-state index contributed by atoms with van der Waals surface area (Å²) in [7, 11) is -2.49. The van der Waals surface area contributed by atoms with Gasteiger partial charge in [-0.25, -0.2) is 9.59 Å². The van der Waals surface area contributed by atoms with Gasteiger partial charge >= 0.3 is 11.9 Å². The number of carbonyl (C=O) groups is 2. The van der Waals surface area contributed by atoms with E-state index in [4.69, 9.17) is 9.47 Å². The first-order chi connectivity index (χ1) is 21.9. The second-order valence-corrected chi connectivity index (χ2v) is 12.7. The average molecular weight is 641 g/mol. The van der Waals surface area contributed by atoms with Crippen molar-refractivity contribution in [3.05, 3.63) is 112 Å². The fourth-order valence-electron chi connectivity index (χ4n) is 5.53. The lowest BCUT2D eigenvalue weighted by Gasteiger charge is -2.14. The summed E-state index contributed by atoms with van der Waals surface area (Å²) in [6.07, 6.45) is 4.54. The molecule has 5 rings (SSSR count). The van der Waals surface area contributed by atoms with Crippen LogP contribution in [0, 0.1) is 13.8 Å². The minimum Gasteiger partial charge on any atom is -0.497 e. The maximum absolute atomic E-state index is 14.0. The summed E-state index contributed by atoms with van der Waals surface area (Å²) >= 11 is 0. The van der Waals surface area contributed by atoms with Crippen molar-refractivity contribution in [3.8, 4) is 11.5 Å². The van der Waals surface area contributed by atoms with E-state index >= 15 is 0 Å². The van der Waals surface area contributed by atoms with E-state index in [0.717, 1.165) is 33.3 Å². The summed E-state index contributed by atoms with van der Waals surface area (Å²) in [5.74, 6) is -0.993. The van der Waals surface area contributed by atoms with E-state index in [2.05, 4.69) is 0 Å². The Morgan fingerprint density at radius 3 is 2.17 bits per heavy atom. The SMILES string of the molecule is COc1ccc(C=Cc2cc(C(=O)Oc3c(C)cc(C(=O)O)cc3C)c3cc4ccccc4[n+](CCCCS(=O)(=O)O)c3c2)cc1. The molecular formula is C36H34NO8S+. The Labute approximate surface area is 267 Å². The summed E-state index contributed by atoms with van der Waals surface area (Å²) in [4.78, 5) is 25.5. The molecule has 0 fully saturated rings. The highest BCUT2D eigenvalue weighted by atomic mass is 32.2. The number of carboxylic acid groups (broad SMARTS) is 1. The largest absolute Gasteiger partial charge is 0.497 e. The molecule has 9 nitrogen and oxygen atoms in total. The molecule has 0 aliphatic heterocycles. The Morgan fingerprint density at radius 1 is 0.848 bits per heavy atom. The minimum atomic E-state index is -4.09. The van der Waals surface area contributed by atoms with Crippen LogP contribution in [0.4, 0.5) is 0 Å². The maximum Gasteiger partial charge on any atom is 0.344 e. The van der Waals surface area contributed by atoms with Gasteiger partial charge in [-0.3, -0.25) is 4.55 Å². The molecule has 0 saturated carbocycles. The number of methoxy groups -OCH3 is 1. The highest BCUT2D eigenvalue weighted by molar-refractivity contribution is 7.85. The number of carbonyl (C=O) groups excluding carboxylic acids is 1. The number of aromatic carboxylic acids is 1. The van der Waals surface area contributed by atoms with E-state index < -0.39 is 22.1 Å². The molecule has 1 heterocycles. The topological polar surface area (TPSA) is 131 Å². The zero-order valence-corrected chi connectivity index (χ0v) is 26.5. The fourth-order valence-corrected chi connectivity index (χ4v) is 6.09. The van der Waals surface area contributed by atoms with E-state index in [0.29, 0.717) is 40.8 Å². The quantitative estimate of drug-likeness (QED) is 0.0312. The molecule has 46 heavy (non-hydrogen) atoms. The van der Waals surface area contributed by atoms with Gasteiger partial charge in [0.05, 0.1) is 29.4 Å². The van der Waals surface area contributed by atoms with Gasteiger partial charge in [-0.15, -0.1) is 0 Å². The zero-order valence-electron chi connectivity index (χ0n) is 25.7. The molecule has 0 aliphatic carbocycles. The number of aromatic nitrogens is 1. The van der Waals surface area contributed by atoms with Gasteiger partial charge in [-0.05, 0) is 85.0 Å². The molecule has 10 heteroatoms. The van der Waals surface area contributed by atoms with Gasteiger partial charge < -0.3 is 14.6 Å². The molecule has 4 aromatic carbocycles. The van der Waals surface area contributed by atoms with Crippen LogP contribution in [0.15, 0.2) is 78.9 Å². The van der Waals surface area contributed by atoms with Crippen molar-refractivity contribution < 1.29 is 41.7 Å². The Kier molecular flexibility index (Phi) is 9.50. The number of para-hydroxylation sites is 1. The van der Waals surface area contributed by atoms with Crippen molar-refractivity contribution in [2.45, 2.75) is 33.2 Å². The predicted molar refractivity (Wildman–Crippen MR) is 177 cm³/mol. The van der Waals surface area contributed by atoms with Crippen molar-refractivity contribution in [2.24, 2.45) is 0 Å². The lowest BCUT2D eigenvalue weighted by atomic mass is 10.00. The van der Waals surface area contributed by atoms with Crippen molar-refractivity contribution in [2.75, 3.05) is 12.9 Å². The van der Waals surface area contributed by atoms with Crippen molar-refractivity contribution in [3.63, 3.8) is 0 Å². The molecule has 2 N–H and O–H groups in total. The highest BCUT2D eigenvalue weighted by Gasteiger charge is 2.24. The minimum absolute atomic E-state index is 0.104. The Morgan fingerprint density at radius 2 is 1.52 bits per heavy atom. The molecule has 5 aromatic rings. The van der Waals surface area contributed by atoms with Gasteiger partial charge in [0.1, 0.15) is 18.0 Å². The Bertz CT molecular complexity index is 2080. The number of pyridine rings is 1. The van der Waals surface area contributed by atoms with Gasteiger partial charge in [-0.2, -0.15) is 13.0 Å². The molecule has 0 aliphatic rings. The Balaban J connectivity index is 1.65. The first-order valence-corrected chi connectivity index (χ1v) is 16.3. The number of rotatable bonds is 11. The third-order valence-corrected chi connectivity index (χ3v) is 8.54. The molecule has 236 valence electrons. The predicted octanol–water partition coefficient (Wildman–Crippen LogP) is 6.66. The van der Waals surface area contributed by atoms with E-state index in [1.807, 2.05) is 77.4 Å². The van der Waals surface area contributed by atoms with E-state index in [9.17, 15) is 27.7 Å². The van der Waals surface area contributed by atoms with E-state index in [1.165, 1.54) is 12.1 Å². The van der Waals surface area contributed by atoms with Crippen LogP contribution >= 0.6 is 0 Å². The Hall–Kier alpha value is -5.06. The summed E-state index contributed by atoms with van der Waals surface area (Å²) in [6.45, 7) is 3.83. The summed E-state index contributed by atoms with van der Waals surface area (Å²) in [6, 6.07) is 23.9. The van der Waals surface area contributed by atoms with Crippen LogP contribution in [0.3, 0.4) is 0 Å². The first kappa shape index (κ1) is 32.3. The molecular weight excluding hydrogens is 606 g/mol. The third kappa shape index (κ3) is 7.42. The van der Waals surface area contributed by atoms with Crippen molar-refractivity contribution in [1.29, 1.82) is 0 Å². The smallest absolute Gasteiger partial charge is 0.344 e. The number of hydrogen-bond donors (Lipinski definition) is 2. The van der Waals surface area contributed by atoms with Gasteiger partial charge in [0.25, 0.3) is 10.1 Å². The lowest BCUT2D eigenvalue weighted by molar-refractivity contribution is -0.645. The van der Waals surface area contributed by atoms with Crippen LogP contribution in [-0.2, 0) is 16.7 Å². The number of hydrogen-bond acceptors (Lipinski definition) is 6. The highest BCUT2D eigenvalue weighted by Crippen LogP contribution is 2.29. The second-order valence-electron chi connectivity index (χ2n) is 11.1. The fraction of sp³-hybridized carbons (Fsp3) is 0.194. The number of carboxylic acids is 1. The molecule has 0 atom stereocenters. The van der Waals surface area contributed by atoms with Crippen LogP contribution in [-0.4, -0.2) is 42.9 Å². The van der Waals surface area contributed by atoms with Gasteiger partial charge in [0.2, 0.25) is 11.0 Å². The second kappa shape index (κ2) is 13.5. The number of fused-ring (bicyclic) bond motifs is 2. The monoisotopic (exact) mass is 640 g/mol. The number of esters is 1. The van der Waals surface area contributed by atoms with Crippen molar-refractivity contribution in [1.82, 2.24) is 0 Å². The van der Waals surface area contributed by atoms with E-state index in [-0.39, 0.29) is 17.7 Å². The third-order valence-electron chi connectivity index (χ3n) is 7.74. The van der Waals surface area contributed by atoms with Crippen LogP contribution < -0.4 is 14.0 Å². The van der Waals surface area contributed by atoms with Crippen LogP contribution in [0.2, 0.25) is 0 Å². The summed E-state index contributed by atoms with van der Waals surface area (Å²) in [5, 5.41) is 11.0. The lowest BCUT2D eigenvalue weighted by Crippen LogP contribution is -2.36. The molecule has 0 unspecified atom stereocenters. The molecule has 0 radical (unpaired) electrons. The van der Waals surface area contributed by atoms with Gasteiger partial charge in [-0.1, -0.05) is 36.4 Å². The molecule has 0 spiro atoms. The summed E-state index contributed by atoms with van der Waals surface area (Å²) < 4.78 is 45.2. The van der Waals surface area contributed by atoms with Gasteiger partial charge in [0.15, 0.2) is 0 Å². The number of unbranched alkanes of at least 4 members (excludes halogenated alkanes) is 1. The molecule has 0 bridgehead atoms. The molecule has 1 aromatic heterocycles. The normalized spacial score (nSPS) is 11.7. The number of benzene rings is 4. The van der Waals surface area contributed by atoms with Gasteiger partial charge in [0, 0.05) is 23.9 Å². The zero-order chi connectivity index (χ0) is 33.0. The molecule has 0 saturated heterocycles. The van der Waals surface area contributed by atoms with Crippen LogP contribution in [0.1, 0.15) is 55.8 Å². The van der Waals surface area contributed by atoms with Crippen molar-refractivity contribution >= 4 is 56.0 Å². The summed E-state index contributed by atoms with van der Waals surface area (Å²) in [5.41, 5.74) is 4.74. The van der Waals surface area contributed by atoms with E-state index in [1.54, 1.807) is 27.0 Å². The number of ether oxygens (including phenoxy) is 2. The van der Waals surface area contributed by atoms with Crippen LogP contribution in [0.25, 0.3) is 34.0 Å². The van der Waals surface area contributed by atoms with Crippen LogP contribution in [0.5, 0.6) is 11.5 Å². The molecule has 0 amide bonds. The first-order valence-electron chi connectivity index (χ1n) is 14.7.